The largest absolute Gasteiger partial charge is 0.497 e. The maximum atomic E-state index is 13.6. The highest BCUT2D eigenvalue weighted by Crippen LogP contribution is 2.46. The number of rotatable bonds is 3. The van der Waals surface area contributed by atoms with Gasteiger partial charge in [-0.1, -0.05) is 53.5 Å². The molecule has 0 spiro atoms. The van der Waals surface area contributed by atoms with Crippen LogP contribution in [0, 0.1) is 0 Å². The van der Waals surface area contributed by atoms with E-state index in [4.69, 9.17) is 27.9 Å². The molecule has 2 unspecified atom stereocenters. The first-order valence-corrected chi connectivity index (χ1v) is 11.3. The van der Waals surface area contributed by atoms with Gasteiger partial charge in [-0.25, -0.2) is 0 Å². The average molecular weight is 465 g/mol. The predicted molar refractivity (Wildman–Crippen MR) is 130 cm³/mol. The average Bonchev–Trinajstić information content (AvgIpc) is 2.96. The van der Waals surface area contributed by atoms with E-state index >= 15 is 0 Å². The fourth-order valence-corrected chi connectivity index (χ4v) is 5.24. The molecular formula is C26H22Cl2N2O2. The number of methoxy groups -OCH3 is 1. The molecule has 0 radical (unpaired) electrons. The van der Waals surface area contributed by atoms with Crippen LogP contribution in [-0.2, 0) is 4.79 Å². The van der Waals surface area contributed by atoms with Crippen LogP contribution in [0.3, 0.4) is 0 Å². The number of fused-ring (bicyclic) bond motifs is 1. The lowest BCUT2D eigenvalue weighted by atomic mass is 9.78. The zero-order chi connectivity index (χ0) is 22.2. The number of carbonyl (C=O) groups is 1. The van der Waals surface area contributed by atoms with Crippen molar-refractivity contribution in [3.05, 3.63) is 99.2 Å². The summed E-state index contributed by atoms with van der Waals surface area (Å²) in [6, 6.07) is 20.9. The molecule has 1 heterocycles. The minimum absolute atomic E-state index is 0.0523. The van der Waals surface area contributed by atoms with Gasteiger partial charge in [-0.05, 0) is 54.3 Å². The zero-order valence-electron chi connectivity index (χ0n) is 17.5. The Morgan fingerprint density at radius 2 is 1.62 bits per heavy atom. The number of hydrogen-bond donors (Lipinski definition) is 2. The summed E-state index contributed by atoms with van der Waals surface area (Å²) in [4.78, 5) is 13.6. The van der Waals surface area contributed by atoms with Crippen LogP contribution in [0.5, 0.6) is 5.75 Å². The van der Waals surface area contributed by atoms with E-state index in [1.165, 1.54) is 0 Å². The predicted octanol–water partition coefficient (Wildman–Crippen LogP) is 6.98. The lowest BCUT2D eigenvalue weighted by Crippen LogP contribution is -2.27. The molecule has 6 heteroatoms. The third-order valence-corrected chi connectivity index (χ3v) is 6.82. The molecule has 0 aromatic heterocycles. The number of Topliss-reactive ketones (excluding diaryl/α,β-unsaturated/α-hetero) is 1. The fourth-order valence-electron chi connectivity index (χ4n) is 4.63. The Balaban J connectivity index is 1.64. The third kappa shape index (κ3) is 3.74. The highest BCUT2D eigenvalue weighted by atomic mass is 35.5. The van der Waals surface area contributed by atoms with Crippen LogP contribution < -0.4 is 15.4 Å². The molecular weight excluding hydrogens is 443 g/mol. The minimum Gasteiger partial charge on any atom is -0.497 e. The van der Waals surface area contributed by atoms with E-state index in [0.29, 0.717) is 28.5 Å². The van der Waals surface area contributed by atoms with Gasteiger partial charge in [-0.2, -0.15) is 0 Å². The van der Waals surface area contributed by atoms with Crippen LogP contribution >= 0.6 is 23.2 Å². The van der Waals surface area contributed by atoms with E-state index in [0.717, 1.165) is 33.9 Å². The number of nitrogens with one attached hydrogen (secondary N) is 2. The summed E-state index contributed by atoms with van der Waals surface area (Å²) in [7, 11) is 1.65. The quantitative estimate of drug-likeness (QED) is 0.438. The van der Waals surface area contributed by atoms with Crippen LogP contribution in [-0.4, -0.2) is 12.9 Å². The van der Waals surface area contributed by atoms with Crippen LogP contribution in [0.15, 0.2) is 78.0 Å². The molecule has 0 saturated carbocycles. The van der Waals surface area contributed by atoms with E-state index in [9.17, 15) is 4.79 Å². The molecule has 5 rings (SSSR count). The molecule has 0 amide bonds. The Morgan fingerprint density at radius 1 is 0.906 bits per heavy atom. The number of anilines is 2. The molecule has 3 aromatic carbocycles. The van der Waals surface area contributed by atoms with Gasteiger partial charge in [0, 0.05) is 33.3 Å². The molecule has 0 fully saturated rings. The highest BCUT2D eigenvalue weighted by Gasteiger charge is 2.37. The number of allylic oxidation sites excluding steroid dienone is 1. The minimum atomic E-state index is -0.443. The smallest absolute Gasteiger partial charge is 0.163 e. The number of halogens is 2. The normalized spacial score (nSPS) is 19.9. The summed E-state index contributed by atoms with van der Waals surface area (Å²) in [5, 5.41) is 8.13. The molecule has 2 N–H and O–H groups in total. The number of ketones is 1. The standard InChI is InChI=1S/C26H22Cl2N2O2/c1-32-17-7-4-6-15(12-17)16-13-22-25(23(31)14-16)26(24-18(27)8-5-9-19(24)28)30-21-11-3-2-10-20(21)29-22/h2-12,16,26,29-30H,13-14H2,1H3. The second-order valence-corrected chi connectivity index (χ2v) is 8.89. The second kappa shape index (κ2) is 8.53. The molecule has 3 aromatic rings. The van der Waals surface area contributed by atoms with E-state index < -0.39 is 6.04 Å². The molecule has 1 aliphatic carbocycles. The van der Waals surface area contributed by atoms with Crippen molar-refractivity contribution in [3.8, 4) is 5.75 Å². The van der Waals surface area contributed by atoms with Crippen molar-refractivity contribution in [1.82, 2.24) is 0 Å². The summed E-state index contributed by atoms with van der Waals surface area (Å²) in [5.74, 6) is 0.917. The molecule has 2 aliphatic rings. The van der Waals surface area contributed by atoms with Gasteiger partial charge in [-0.15, -0.1) is 0 Å². The summed E-state index contributed by atoms with van der Waals surface area (Å²) in [5.41, 5.74) is 5.21. The van der Waals surface area contributed by atoms with E-state index in [2.05, 4.69) is 16.7 Å². The molecule has 1 aliphatic heterocycles. The summed E-state index contributed by atoms with van der Waals surface area (Å²) in [6.45, 7) is 0. The number of hydrogen-bond acceptors (Lipinski definition) is 4. The fraction of sp³-hybridized carbons (Fsp3) is 0.192. The van der Waals surface area contributed by atoms with Gasteiger partial charge in [0.25, 0.3) is 0 Å². The van der Waals surface area contributed by atoms with Crippen molar-refractivity contribution in [2.75, 3.05) is 17.7 Å². The van der Waals surface area contributed by atoms with Crippen molar-refractivity contribution in [3.63, 3.8) is 0 Å². The first-order valence-electron chi connectivity index (χ1n) is 10.5. The molecule has 32 heavy (non-hydrogen) atoms. The van der Waals surface area contributed by atoms with E-state index in [1.54, 1.807) is 19.2 Å². The maximum absolute atomic E-state index is 13.6. The topological polar surface area (TPSA) is 50.4 Å². The zero-order valence-corrected chi connectivity index (χ0v) is 19.0. The van der Waals surface area contributed by atoms with Crippen molar-refractivity contribution >= 4 is 40.4 Å². The number of para-hydroxylation sites is 2. The van der Waals surface area contributed by atoms with Crippen LogP contribution in [0.4, 0.5) is 11.4 Å². The summed E-state index contributed by atoms with van der Waals surface area (Å²) >= 11 is 13.2. The van der Waals surface area contributed by atoms with E-state index in [1.807, 2.05) is 48.5 Å². The van der Waals surface area contributed by atoms with Gasteiger partial charge in [0.05, 0.1) is 24.5 Å². The monoisotopic (exact) mass is 464 g/mol. The van der Waals surface area contributed by atoms with Crippen molar-refractivity contribution < 1.29 is 9.53 Å². The number of carbonyl (C=O) groups excluding carboxylic acids is 1. The van der Waals surface area contributed by atoms with Gasteiger partial charge in [0.2, 0.25) is 0 Å². The Kier molecular flexibility index (Phi) is 5.58. The second-order valence-electron chi connectivity index (χ2n) is 8.08. The Morgan fingerprint density at radius 3 is 2.38 bits per heavy atom. The van der Waals surface area contributed by atoms with Crippen molar-refractivity contribution in [1.29, 1.82) is 0 Å². The molecule has 162 valence electrons. The summed E-state index contributed by atoms with van der Waals surface area (Å²) in [6.07, 6.45) is 1.10. The van der Waals surface area contributed by atoms with Crippen molar-refractivity contribution in [2.45, 2.75) is 24.8 Å². The SMILES string of the molecule is COc1cccc(C2CC(=O)C3=C(C2)Nc2ccccc2NC3c2c(Cl)cccc2Cl)c1. The molecule has 0 bridgehead atoms. The molecule has 4 nitrogen and oxygen atoms in total. The van der Waals surface area contributed by atoms with Crippen molar-refractivity contribution in [2.24, 2.45) is 0 Å². The lowest BCUT2D eigenvalue weighted by molar-refractivity contribution is -0.116. The van der Waals surface area contributed by atoms with Gasteiger partial charge in [0.15, 0.2) is 5.78 Å². The first-order chi connectivity index (χ1) is 15.5. The molecule has 0 saturated heterocycles. The first kappa shape index (κ1) is 20.9. The Hall–Kier alpha value is -2.95. The van der Waals surface area contributed by atoms with E-state index in [-0.39, 0.29) is 11.7 Å². The lowest BCUT2D eigenvalue weighted by Gasteiger charge is -2.30. The van der Waals surface area contributed by atoms with Crippen LogP contribution in [0.1, 0.15) is 35.9 Å². The molecule has 2 atom stereocenters. The van der Waals surface area contributed by atoms with Gasteiger partial charge < -0.3 is 15.4 Å². The Labute approximate surface area is 197 Å². The van der Waals surface area contributed by atoms with Crippen LogP contribution in [0.2, 0.25) is 10.0 Å². The van der Waals surface area contributed by atoms with Gasteiger partial charge in [-0.3, -0.25) is 4.79 Å². The third-order valence-electron chi connectivity index (χ3n) is 6.16. The van der Waals surface area contributed by atoms with Gasteiger partial charge >= 0.3 is 0 Å². The van der Waals surface area contributed by atoms with Crippen LogP contribution in [0.25, 0.3) is 0 Å². The highest BCUT2D eigenvalue weighted by molar-refractivity contribution is 6.36. The maximum Gasteiger partial charge on any atom is 0.163 e. The Bertz CT molecular complexity index is 1220. The number of benzene rings is 3. The number of ether oxygens (including phenoxy) is 1. The summed E-state index contributed by atoms with van der Waals surface area (Å²) < 4.78 is 5.39. The van der Waals surface area contributed by atoms with Gasteiger partial charge in [0.1, 0.15) is 5.75 Å².